The lowest BCUT2D eigenvalue weighted by molar-refractivity contribution is 0.0600. The molecule has 0 unspecified atom stereocenters. The molecule has 4 nitrogen and oxygen atoms in total. The molecule has 0 aromatic heterocycles. The molecule has 0 aliphatic heterocycles. The lowest BCUT2D eigenvalue weighted by Crippen LogP contribution is -2.08. The predicted octanol–water partition coefficient (Wildman–Crippen LogP) is 1.84. The van der Waals surface area contributed by atoms with Crippen molar-refractivity contribution in [2.45, 2.75) is 0 Å². The van der Waals surface area contributed by atoms with Crippen molar-refractivity contribution >= 4 is 5.97 Å². The number of alkyl halides is 1. The first-order valence-electron chi connectivity index (χ1n) is 5.23. The minimum Gasteiger partial charge on any atom is -0.491 e. The Balaban J connectivity index is 2.33. The van der Waals surface area contributed by atoms with Crippen molar-refractivity contribution in [1.29, 1.82) is 0 Å². The van der Waals surface area contributed by atoms with E-state index in [1.54, 1.807) is 24.3 Å². The van der Waals surface area contributed by atoms with Crippen molar-refractivity contribution < 1.29 is 23.4 Å². The van der Waals surface area contributed by atoms with Crippen LogP contribution >= 0.6 is 0 Å². The van der Waals surface area contributed by atoms with E-state index in [9.17, 15) is 9.18 Å². The molecule has 0 N–H and O–H groups in total. The van der Waals surface area contributed by atoms with Gasteiger partial charge in [-0.3, -0.25) is 0 Å². The van der Waals surface area contributed by atoms with E-state index < -0.39 is 6.67 Å². The number of hydrogen-bond donors (Lipinski definition) is 0. The summed E-state index contributed by atoms with van der Waals surface area (Å²) in [5.41, 5.74) is 0.466. The molecule has 1 rings (SSSR count). The number of rotatable bonds is 7. The zero-order valence-electron chi connectivity index (χ0n) is 9.65. The Bertz CT molecular complexity index is 337. The van der Waals surface area contributed by atoms with E-state index in [2.05, 4.69) is 4.74 Å². The number of carbonyl (C=O) groups excluding carboxylic acids is 1. The average Bonchev–Trinajstić information content (AvgIpc) is 2.38. The zero-order chi connectivity index (χ0) is 12.5. The van der Waals surface area contributed by atoms with Crippen LogP contribution in [0.15, 0.2) is 24.3 Å². The largest absolute Gasteiger partial charge is 0.491 e. The minimum absolute atomic E-state index is 0.0879. The predicted molar refractivity (Wildman–Crippen MR) is 60.1 cm³/mol. The summed E-state index contributed by atoms with van der Waals surface area (Å²) >= 11 is 0. The van der Waals surface area contributed by atoms with Crippen LogP contribution in [0.1, 0.15) is 10.4 Å². The molecule has 94 valence electrons. The molecule has 1 aromatic rings. The molecule has 17 heavy (non-hydrogen) atoms. The maximum atomic E-state index is 11.7. The van der Waals surface area contributed by atoms with E-state index in [0.717, 1.165) is 0 Å². The van der Waals surface area contributed by atoms with Crippen LogP contribution in [-0.2, 0) is 9.47 Å². The van der Waals surface area contributed by atoms with E-state index in [1.807, 2.05) is 0 Å². The molecule has 0 spiro atoms. The maximum Gasteiger partial charge on any atom is 0.337 e. The summed E-state index contributed by atoms with van der Waals surface area (Å²) in [6.07, 6.45) is 0. The van der Waals surface area contributed by atoms with Gasteiger partial charge in [0.25, 0.3) is 0 Å². The Labute approximate surface area is 99.3 Å². The third-order valence-corrected chi connectivity index (χ3v) is 1.99. The third kappa shape index (κ3) is 4.82. The Kier molecular flexibility index (Phi) is 6.03. The first-order valence-corrected chi connectivity index (χ1v) is 5.23. The highest BCUT2D eigenvalue weighted by atomic mass is 19.1. The highest BCUT2D eigenvalue weighted by Crippen LogP contribution is 2.12. The molecule has 5 heteroatoms. The summed E-state index contributed by atoms with van der Waals surface area (Å²) in [5.74, 6) is 0.240. The van der Waals surface area contributed by atoms with Gasteiger partial charge in [-0.25, -0.2) is 9.18 Å². The van der Waals surface area contributed by atoms with Crippen molar-refractivity contribution in [1.82, 2.24) is 0 Å². The van der Waals surface area contributed by atoms with Crippen LogP contribution in [0.4, 0.5) is 4.39 Å². The van der Waals surface area contributed by atoms with Gasteiger partial charge >= 0.3 is 5.97 Å². The average molecular weight is 242 g/mol. The molecule has 0 aliphatic carbocycles. The lowest BCUT2D eigenvalue weighted by atomic mass is 10.2. The third-order valence-electron chi connectivity index (χ3n) is 1.99. The van der Waals surface area contributed by atoms with Crippen LogP contribution in [0.25, 0.3) is 0 Å². The summed E-state index contributed by atoms with van der Waals surface area (Å²) in [7, 11) is 1.33. The van der Waals surface area contributed by atoms with Gasteiger partial charge in [0.1, 0.15) is 19.0 Å². The minimum atomic E-state index is -0.492. The van der Waals surface area contributed by atoms with E-state index >= 15 is 0 Å². The molecule has 0 saturated carbocycles. The molecule has 0 bridgehead atoms. The summed E-state index contributed by atoms with van der Waals surface area (Å²) < 4.78 is 26.5. The fourth-order valence-electron chi connectivity index (χ4n) is 1.18. The van der Waals surface area contributed by atoms with Crippen molar-refractivity contribution in [3.05, 3.63) is 29.8 Å². The van der Waals surface area contributed by atoms with Gasteiger partial charge in [-0.15, -0.1) is 0 Å². The molecule has 0 radical (unpaired) electrons. The molecule has 1 aromatic carbocycles. The second kappa shape index (κ2) is 7.62. The normalized spacial score (nSPS) is 10.0. The number of benzene rings is 1. The van der Waals surface area contributed by atoms with E-state index in [1.165, 1.54) is 7.11 Å². The van der Waals surface area contributed by atoms with Gasteiger partial charge in [-0.1, -0.05) is 0 Å². The summed E-state index contributed by atoms with van der Waals surface area (Å²) in [5, 5.41) is 0. The van der Waals surface area contributed by atoms with Gasteiger partial charge in [0.15, 0.2) is 0 Å². The van der Waals surface area contributed by atoms with Gasteiger partial charge in [-0.2, -0.15) is 0 Å². The number of methoxy groups -OCH3 is 1. The molecular formula is C12H15FO4. The second-order valence-corrected chi connectivity index (χ2v) is 3.17. The SMILES string of the molecule is COC(=O)c1ccc(OCCOCCF)cc1. The van der Waals surface area contributed by atoms with Gasteiger partial charge in [-0.05, 0) is 24.3 Å². The van der Waals surface area contributed by atoms with E-state index in [-0.39, 0.29) is 12.6 Å². The molecule has 0 aliphatic rings. The highest BCUT2D eigenvalue weighted by molar-refractivity contribution is 5.89. The van der Waals surface area contributed by atoms with Crippen LogP contribution in [-0.4, -0.2) is 39.6 Å². The molecule has 0 atom stereocenters. The fraction of sp³-hybridized carbons (Fsp3) is 0.417. The van der Waals surface area contributed by atoms with Gasteiger partial charge in [0, 0.05) is 0 Å². The Morgan fingerprint density at radius 2 is 1.88 bits per heavy atom. The van der Waals surface area contributed by atoms with Gasteiger partial charge in [0.05, 0.1) is 25.9 Å². The van der Waals surface area contributed by atoms with Crippen LogP contribution in [0.3, 0.4) is 0 Å². The zero-order valence-corrected chi connectivity index (χ0v) is 9.65. The smallest absolute Gasteiger partial charge is 0.337 e. The van der Waals surface area contributed by atoms with Crippen molar-refractivity contribution in [3.63, 3.8) is 0 Å². The Morgan fingerprint density at radius 1 is 1.18 bits per heavy atom. The van der Waals surface area contributed by atoms with Crippen molar-refractivity contribution in [3.8, 4) is 5.75 Å². The summed E-state index contributed by atoms with van der Waals surface area (Å²) in [6.45, 7) is 0.276. The quantitative estimate of drug-likeness (QED) is 0.540. The number of ether oxygens (including phenoxy) is 3. The Morgan fingerprint density at radius 3 is 2.47 bits per heavy atom. The number of halogens is 1. The first-order chi connectivity index (χ1) is 8.27. The fourth-order valence-corrected chi connectivity index (χ4v) is 1.18. The number of carbonyl (C=O) groups is 1. The first kappa shape index (κ1) is 13.4. The molecule has 0 heterocycles. The topological polar surface area (TPSA) is 44.8 Å². The number of esters is 1. The molecule has 0 amide bonds. The highest BCUT2D eigenvalue weighted by Gasteiger charge is 2.04. The van der Waals surface area contributed by atoms with Crippen LogP contribution in [0.5, 0.6) is 5.75 Å². The van der Waals surface area contributed by atoms with E-state index in [0.29, 0.717) is 24.5 Å². The lowest BCUT2D eigenvalue weighted by Gasteiger charge is -2.06. The monoisotopic (exact) mass is 242 g/mol. The Hall–Kier alpha value is -1.62. The van der Waals surface area contributed by atoms with E-state index in [4.69, 9.17) is 9.47 Å². The second-order valence-electron chi connectivity index (χ2n) is 3.17. The molecule has 0 saturated heterocycles. The van der Waals surface area contributed by atoms with Crippen LogP contribution in [0.2, 0.25) is 0 Å². The number of hydrogen-bond acceptors (Lipinski definition) is 4. The maximum absolute atomic E-state index is 11.7. The van der Waals surface area contributed by atoms with Gasteiger partial charge < -0.3 is 14.2 Å². The standard InChI is InChI=1S/C12H15FO4/c1-15-12(14)10-2-4-11(5-3-10)17-9-8-16-7-6-13/h2-5H,6-9H2,1H3. The van der Waals surface area contributed by atoms with Crippen molar-refractivity contribution in [2.75, 3.05) is 33.6 Å². The summed E-state index contributed by atoms with van der Waals surface area (Å²) in [4.78, 5) is 11.1. The van der Waals surface area contributed by atoms with Crippen LogP contribution < -0.4 is 4.74 Å². The molecular weight excluding hydrogens is 227 g/mol. The molecule has 0 fully saturated rings. The van der Waals surface area contributed by atoms with Crippen molar-refractivity contribution in [2.24, 2.45) is 0 Å². The van der Waals surface area contributed by atoms with Crippen LogP contribution in [0, 0.1) is 0 Å². The summed E-state index contributed by atoms with van der Waals surface area (Å²) in [6, 6.07) is 6.57. The van der Waals surface area contributed by atoms with Gasteiger partial charge in [0.2, 0.25) is 0 Å².